The van der Waals surface area contributed by atoms with Crippen LogP contribution in [0, 0.1) is 6.92 Å². The van der Waals surface area contributed by atoms with Crippen molar-refractivity contribution in [1.29, 1.82) is 0 Å². The van der Waals surface area contributed by atoms with Crippen LogP contribution in [0.15, 0.2) is 9.59 Å². The van der Waals surface area contributed by atoms with Crippen molar-refractivity contribution in [2.45, 2.75) is 6.42 Å². The van der Waals surface area contributed by atoms with Gasteiger partial charge < -0.3 is 10.6 Å². The Bertz CT molecular complexity index is 337. The molecule has 0 saturated heterocycles. The first-order valence-electron chi connectivity index (χ1n) is 3.76. The minimum absolute atomic E-state index is 0.383. The largest absolute Gasteiger partial charge is 0.383 e. The van der Waals surface area contributed by atoms with E-state index in [9.17, 15) is 9.59 Å². The molecule has 4 heteroatoms. The van der Waals surface area contributed by atoms with Crippen molar-refractivity contribution in [2.24, 2.45) is 0 Å². The summed E-state index contributed by atoms with van der Waals surface area (Å²) >= 11 is 0. The average Bonchev–Trinajstić information content (AvgIpc) is 2.10. The standard InChI is InChI=1S/C8H11N2O2/c1-3-4-10-6-5(9-2)7(11)8(6)12/h9-10H,1,3-4H2,2H3. The van der Waals surface area contributed by atoms with Crippen molar-refractivity contribution in [3.8, 4) is 0 Å². The Morgan fingerprint density at radius 1 is 1.25 bits per heavy atom. The molecule has 1 radical (unpaired) electrons. The summed E-state index contributed by atoms with van der Waals surface area (Å²) in [6.07, 6.45) is 0.683. The SMILES string of the molecule is [CH2]CCNc1c(NC)c(=O)c1=O. The van der Waals surface area contributed by atoms with E-state index in [1.54, 1.807) is 7.05 Å². The first-order chi connectivity index (χ1) is 5.72. The molecule has 0 aliphatic carbocycles. The van der Waals surface area contributed by atoms with Gasteiger partial charge in [0.15, 0.2) is 0 Å². The first kappa shape index (κ1) is 8.77. The van der Waals surface area contributed by atoms with Gasteiger partial charge in [-0.3, -0.25) is 9.59 Å². The van der Waals surface area contributed by atoms with E-state index in [0.29, 0.717) is 24.3 Å². The molecule has 0 aromatic heterocycles. The van der Waals surface area contributed by atoms with Crippen LogP contribution >= 0.6 is 0 Å². The maximum absolute atomic E-state index is 10.9. The lowest BCUT2D eigenvalue weighted by atomic mass is 10.2. The molecule has 1 aromatic carbocycles. The third kappa shape index (κ3) is 1.20. The molecule has 0 heterocycles. The molecule has 65 valence electrons. The fourth-order valence-corrected chi connectivity index (χ4v) is 1.01. The fraction of sp³-hybridized carbons (Fsp3) is 0.375. The third-order valence-electron chi connectivity index (χ3n) is 1.64. The Hall–Kier alpha value is -1.32. The van der Waals surface area contributed by atoms with Gasteiger partial charge in [-0.2, -0.15) is 0 Å². The van der Waals surface area contributed by atoms with E-state index >= 15 is 0 Å². The molecular weight excluding hydrogens is 156 g/mol. The molecule has 0 aliphatic heterocycles. The Kier molecular flexibility index (Phi) is 2.47. The highest BCUT2D eigenvalue weighted by atomic mass is 16.2. The lowest BCUT2D eigenvalue weighted by molar-refractivity contribution is 1.05. The molecule has 1 aromatic rings. The van der Waals surface area contributed by atoms with Gasteiger partial charge in [-0.1, -0.05) is 6.92 Å². The smallest absolute Gasteiger partial charge is 0.253 e. The summed E-state index contributed by atoms with van der Waals surface area (Å²) in [4.78, 5) is 21.7. The molecule has 0 atom stereocenters. The van der Waals surface area contributed by atoms with Gasteiger partial charge in [0.2, 0.25) is 0 Å². The summed E-state index contributed by atoms with van der Waals surface area (Å²) in [5.74, 6) is 0. The van der Waals surface area contributed by atoms with E-state index in [0.717, 1.165) is 0 Å². The fourth-order valence-electron chi connectivity index (χ4n) is 1.01. The minimum Gasteiger partial charge on any atom is -0.383 e. The van der Waals surface area contributed by atoms with E-state index in [1.807, 2.05) is 0 Å². The normalized spacial score (nSPS) is 10.2. The van der Waals surface area contributed by atoms with Crippen molar-refractivity contribution >= 4 is 11.4 Å². The molecule has 2 N–H and O–H groups in total. The predicted molar refractivity (Wildman–Crippen MR) is 49.4 cm³/mol. The van der Waals surface area contributed by atoms with Gasteiger partial charge in [0.1, 0.15) is 11.4 Å². The van der Waals surface area contributed by atoms with Crippen LogP contribution in [0.3, 0.4) is 0 Å². The Morgan fingerprint density at radius 3 is 2.33 bits per heavy atom. The molecule has 12 heavy (non-hydrogen) atoms. The topological polar surface area (TPSA) is 58.2 Å². The van der Waals surface area contributed by atoms with Crippen LogP contribution in [0.25, 0.3) is 0 Å². The van der Waals surface area contributed by atoms with Crippen LogP contribution < -0.4 is 21.5 Å². The average molecular weight is 167 g/mol. The quantitative estimate of drug-likeness (QED) is 0.618. The summed E-state index contributed by atoms with van der Waals surface area (Å²) < 4.78 is 0. The maximum Gasteiger partial charge on any atom is 0.253 e. The van der Waals surface area contributed by atoms with Crippen molar-refractivity contribution in [3.63, 3.8) is 0 Å². The Labute approximate surface area is 70.3 Å². The monoisotopic (exact) mass is 167 g/mol. The van der Waals surface area contributed by atoms with Gasteiger partial charge in [-0.15, -0.1) is 0 Å². The van der Waals surface area contributed by atoms with E-state index in [2.05, 4.69) is 17.6 Å². The van der Waals surface area contributed by atoms with Crippen molar-refractivity contribution in [3.05, 3.63) is 27.4 Å². The van der Waals surface area contributed by atoms with Gasteiger partial charge in [-0.05, 0) is 6.42 Å². The second-order valence-electron chi connectivity index (χ2n) is 2.44. The molecule has 0 amide bonds. The number of nitrogens with one attached hydrogen (secondary N) is 2. The van der Waals surface area contributed by atoms with Crippen LogP contribution in [-0.4, -0.2) is 13.6 Å². The van der Waals surface area contributed by atoms with Gasteiger partial charge in [-0.25, -0.2) is 0 Å². The van der Waals surface area contributed by atoms with Crippen LogP contribution in [0.2, 0.25) is 0 Å². The highest BCUT2D eigenvalue weighted by molar-refractivity contribution is 5.73. The van der Waals surface area contributed by atoms with E-state index in [-0.39, 0.29) is 0 Å². The van der Waals surface area contributed by atoms with Crippen molar-refractivity contribution in [1.82, 2.24) is 0 Å². The summed E-state index contributed by atoms with van der Waals surface area (Å²) in [6, 6.07) is 0. The summed E-state index contributed by atoms with van der Waals surface area (Å²) in [5, 5.41) is 5.50. The zero-order valence-electron chi connectivity index (χ0n) is 6.94. The first-order valence-corrected chi connectivity index (χ1v) is 3.76. The van der Waals surface area contributed by atoms with Gasteiger partial charge in [0.05, 0.1) is 0 Å². The summed E-state index contributed by atoms with van der Waals surface area (Å²) in [7, 11) is 1.62. The summed E-state index contributed by atoms with van der Waals surface area (Å²) in [5.41, 5.74) is -0.100. The lowest BCUT2D eigenvalue weighted by Crippen LogP contribution is -2.36. The summed E-state index contributed by atoms with van der Waals surface area (Å²) in [6.45, 7) is 4.22. The number of anilines is 2. The second kappa shape index (κ2) is 3.38. The van der Waals surface area contributed by atoms with Crippen molar-refractivity contribution in [2.75, 3.05) is 24.2 Å². The maximum atomic E-state index is 10.9. The van der Waals surface area contributed by atoms with E-state index < -0.39 is 10.9 Å². The Morgan fingerprint density at radius 2 is 1.83 bits per heavy atom. The molecule has 0 fully saturated rings. The minimum atomic E-state index is -0.441. The van der Waals surface area contributed by atoms with Crippen molar-refractivity contribution < 1.29 is 0 Å². The van der Waals surface area contributed by atoms with Gasteiger partial charge >= 0.3 is 0 Å². The number of hydrogen-bond donors (Lipinski definition) is 2. The predicted octanol–water partition coefficient (Wildman–Crippen LogP) is -0.0396. The molecule has 1 rings (SSSR count). The van der Waals surface area contributed by atoms with Crippen LogP contribution in [-0.2, 0) is 0 Å². The van der Waals surface area contributed by atoms with E-state index in [1.165, 1.54) is 0 Å². The molecule has 0 saturated carbocycles. The zero-order chi connectivity index (χ0) is 9.14. The highest BCUT2D eigenvalue weighted by Gasteiger charge is 2.18. The third-order valence-corrected chi connectivity index (χ3v) is 1.64. The van der Waals surface area contributed by atoms with Crippen LogP contribution in [0.5, 0.6) is 0 Å². The van der Waals surface area contributed by atoms with Crippen LogP contribution in [0.4, 0.5) is 11.4 Å². The zero-order valence-corrected chi connectivity index (χ0v) is 6.94. The Balaban J connectivity index is 2.79. The van der Waals surface area contributed by atoms with Gasteiger partial charge in [0, 0.05) is 13.6 Å². The molecule has 0 spiro atoms. The highest BCUT2D eigenvalue weighted by Crippen LogP contribution is 2.12. The molecule has 4 nitrogen and oxygen atoms in total. The molecule has 0 bridgehead atoms. The number of hydrogen-bond acceptors (Lipinski definition) is 4. The van der Waals surface area contributed by atoms with Crippen LogP contribution in [0.1, 0.15) is 6.42 Å². The second-order valence-corrected chi connectivity index (χ2v) is 2.44. The number of rotatable bonds is 4. The van der Waals surface area contributed by atoms with E-state index in [4.69, 9.17) is 0 Å². The van der Waals surface area contributed by atoms with Gasteiger partial charge in [0.25, 0.3) is 10.9 Å². The molecule has 0 unspecified atom stereocenters. The molecular formula is C8H11N2O2. The lowest BCUT2D eigenvalue weighted by Gasteiger charge is -2.10. The molecule has 0 aliphatic rings.